The SMILES string of the molecule is CN(C)CC(=O)N1CCc2cc(CP)ccc2C1(C)C. The predicted molar refractivity (Wildman–Crippen MR) is 86.9 cm³/mol. The molecule has 0 saturated heterocycles. The average molecular weight is 292 g/mol. The number of hydrogen-bond acceptors (Lipinski definition) is 2. The van der Waals surface area contributed by atoms with Crippen LogP contribution in [0.25, 0.3) is 0 Å². The first-order valence-electron chi connectivity index (χ1n) is 7.14. The van der Waals surface area contributed by atoms with Crippen molar-refractivity contribution in [3.63, 3.8) is 0 Å². The monoisotopic (exact) mass is 292 g/mol. The van der Waals surface area contributed by atoms with Gasteiger partial charge in [-0.15, -0.1) is 9.24 Å². The highest BCUT2D eigenvalue weighted by Crippen LogP contribution is 2.35. The Hall–Kier alpha value is -0.920. The maximum absolute atomic E-state index is 12.4. The summed E-state index contributed by atoms with van der Waals surface area (Å²) in [6.07, 6.45) is 1.94. The smallest absolute Gasteiger partial charge is 0.237 e. The molecule has 0 saturated carbocycles. The molecule has 0 spiro atoms. The van der Waals surface area contributed by atoms with Gasteiger partial charge in [0.05, 0.1) is 12.1 Å². The van der Waals surface area contributed by atoms with Crippen molar-refractivity contribution >= 4 is 15.1 Å². The fraction of sp³-hybridized carbons (Fsp3) is 0.562. The molecule has 0 aliphatic carbocycles. The van der Waals surface area contributed by atoms with Gasteiger partial charge in [0.1, 0.15) is 0 Å². The first-order valence-corrected chi connectivity index (χ1v) is 7.95. The third-order valence-corrected chi connectivity index (χ3v) is 4.57. The molecule has 1 aromatic rings. The second-order valence-corrected chi connectivity index (χ2v) is 6.70. The van der Waals surface area contributed by atoms with Crippen LogP contribution in [0.1, 0.15) is 30.5 Å². The van der Waals surface area contributed by atoms with E-state index in [1.54, 1.807) is 0 Å². The molecule has 1 heterocycles. The summed E-state index contributed by atoms with van der Waals surface area (Å²) in [5.41, 5.74) is 3.81. The largest absolute Gasteiger partial charge is 0.332 e. The van der Waals surface area contributed by atoms with Gasteiger partial charge in [0.15, 0.2) is 0 Å². The normalized spacial score (nSPS) is 17.2. The minimum atomic E-state index is -0.222. The molecule has 1 aliphatic heterocycles. The van der Waals surface area contributed by atoms with Crippen LogP contribution in [0.2, 0.25) is 0 Å². The Kier molecular flexibility index (Phi) is 4.51. The lowest BCUT2D eigenvalue weighted by molar-refractivity contribution is -0.138. The molecule has 0 aromatic heterocycles. The topological polar surface area (TPSA) is 23.6 Å². The zero-order chi connectivity index (χ0) is 14.9. The van der Waals surface area contributed by atoms with Crippen molar-refractivity contribution in [2.45, 2.75) is 32.0 Å². The quantitative estimate of drug-likeness (QED) is 0.798. The molecule has 1 amide bonds. The van der Waals surface area contributed by atoms with Crippen molar-refractivity contribution in [3.8, 4) is 0 Å². The predicted octanol–water partition coefficient (Wildman–Crippen LogP) is 2.24. The first-order chi connectivity index (χ1) is 9.36. The van der Waals surface area contributed by atoms with E-state index in [0.717, 1.165) is 19.1 Å². The molecule has 4 heteroatoms. The van der Waals surface area contributed by atoms with E-state index in [0.29, 0.717) is 6.54 Å². The zero-order valence-corrected chi connectivity index (χ0v) is 14.1. The van der Waals surface area contributed by atoms with Crippen LogP contribution in [0.15, 0.2) is 18.2 Å². The van der Waals surface area contributed by atoms with Gasteiger partial charge in [-0.25, -0.2) is 0 Å². The highest BCUT2D eigenvalue weighted by atomic mass is 31.0. The number of benzene rings is 1. The highest BCUT2D eigenvalue weighted by Gasteiger charge is 2.37. The lowest BCUT2D eigenvalue weighted by atomic mass is 9.82. The van der Waals surface area contributed by atoms with E-state index in [-0.39, 0.29) is 11.4 Å². The molecule has 0 radical (unpaired) electrons. The fourth-order valence-electron chi connectivity index (χ4n) is 3.03. The van der Waals surface area contributed by atoms with Gasteiger partial charge in [0.2, 0.25) is 5.91 Å². The van der Waals surface area contributed by atoms with Crippen molar-refractivity contribution in [1.82, 2.24) is 9.80 Å². The summed E-state index contributed by atoms with van der Waals surface area (Å²) < 4.78 is 0. The summed E-state index contributed by atoms with van der Waals surface area (Å²) >= 11 is 0. The van der Waals surface area contributed by atoms with Gasteiger partial charge in [-0.1, -0.05) is 18.2 Å². The van der Waals surface area contributed by atoms with Gasteiger partial charge in [-0.3, -0.25) is 4.79 Å². The van der Waals surface area contributed by atoms with E-state index in [2.05, 4.69) is 41.3 Å². The second-order valence-electron chi connectivity index (χ2n) is 6.29. The van der Waals surface area contributed by atoms with E-state index >= 15 is 0 Å². The molecule has 0 fully saturated rings. The number of rotatable bonds is 3. The third-order valence-electron chi connectivity index (χ3n) is 4.10. The third kappa shape index (κ3) is 2.89. The number of fused-ring (bicyclic) bond motifs is 1. The molecular weight excluding hydrogens is 267 g/mol. The van der Waals surface area contributed by atoms with E-state index in [4.69, 9.17) is 0 Å². The van der Waals surface area contributed by atoms with E-state index < -0.39 is 0 Å². The summed E-state index contributed by atoms with van der Waals surface area (Å²) in [6.45, 7) is 5.59. The van der Waals surface area contributed by atoms with E-state index in [1.165, 1.54) is 16.7 Å². The molecule has 110 valence electrons. The number of carbonyl (C=O) groups is 1. The van der Waals surface area contributed by atoms with E-state index in [9.17, 15) is 4.79 Å². The lowest BCUT2D eigenvalue weighted by Crippen LogP contribution is -2.52. The number of amides is 1. The molecule has 0 bridgehead atoms. The van der Waals surface area contributed by atoms with Gasteiger partial charge in [0.25, 0.3) is 0 Å². The maximum Gasteiger partial charge on any atom is 0.237 e. The van der Waals surface area contributed by atoms with Crippen LogP contribution in [0.4, 0.5) is 0 Å². The highest BCUT2D eigenvalue weighted by molar-refractivity contribution is 7.15. The fourth-order valence-corrected chi connectivity index (χ4v) is 3.28. The molecule has 0 N–H and O–H groups in total. The number of carbonyl (C=O) groups excluding carboxylic acids is 1. The Morgan fingerprint density at radius 2 is 2.10 bits per heavy atom. The van der Waals surface area contributed by atoms with Crippen molar-refractivity contribution in [1.29, 1.82) is 0 Å². The molecule has 1 unspecified atom stereocenters. The molecule has 1 aromatic carbocycles. The average Bonchev–Trinajstić information content (AvgIpc) is 2.36. The van der Waals surface area contributed by atoms with Gasteiger partial charge in [-0.2, -0.15) is 0 Å². The number of nitrogens with zero attached hydrogens (tertiary/aromatic N) is 2. The number of likely N-dealkylation sites (N-methyl/N-ethyl adjacent to an activating group) is 1. The van der Waals surface area contributed by atoms with Gasteiger partial charge < -0.3 is 9.80 Å². The zero-order valence-electron chi connectivity index (χ0n) is 12.9. The van der Waals surface area contributed by atoms with Crippen molar-refractivity contribution < 1.29 is 4.79 Å². The van der Waals surface area contributed by atoms with Crippen molar-refractivity contribution in [2.75, 3.05) is 27.2 Å². The van der Waals surface area contributed by atoms with Crippen LogP contribution in [-0.4, -0.2) is 42.9 Å². The maximum atomic E-state index is 12.4. The Morgan fingerprint density at radius 1 is 1.40 bits per heavy atom. The number of hydrogen-bond donors (Lipinski definition) is 0. The minimum absolute atomic E-state index is 0.209. The van der Waals surface area contributed by atoms with Gasteiger partial charge >= 0.3 is 0 Å². The Bertz CT molecular complexity index is 511. The summed E-state index contributed by atoms with van der Waals surface area (Å²) in [4.78, 5) is 16.4. The summed E-state index contributed by atoms with van der Waals surface area (Å²) in [5, 5.41) is 0. The van der Waals surface area contributed by atoms with Crippen LogP contribution in [0.3, 0.4) is 0 Å². The molecule has 3 nitrogen and oxygen atoms in total. The molecule has 2 rings (SSSR count). The molecule has 1 atom stereocenters. The first kappa shape index (κ1) is 15.5. The summed E-state index contributed by atoms with van der Waals surface area (Å²) in [6, 6.07) is 6.66. The Balaban J connectivity index is 2.32. The van der Waals surface area contributed by atoms with Crippen LogP contribution in [0, 0.1) is 0 Å². The lowest BCUT2D eigenvalue weighted by Gasteiger charge is -2.44. The Morgan fingerprint density at radius 3 is 2.70 bits per heavy atom. The molecule has 20 heavy (non-hydrogen) atoms. The van der Waals surface area contributed by atoms with Gasteiger partial charge in [0, 0.05) is 6.54 Å². The van der Waals surface area contributed by atoms with E-state index in [1.807, 2.05) is 23.9 Å². The minimum Gasteiger partial charge on any atom is -0.332 e. The van der Waals surface area contributed by atoms with Crippen molar-refractivity contribution in [3.05, 3.63) is 34.9 Å². The van der Waals surface area contributed by atoms with Crippen LogP contribution in [-0.2, 0) is 22.9 Å². The van der Waals surface area contributed by atoms with Crippen LogP contribution >= 0.6 is 9.24 Å². The summed E-state index contributed by atoms with van der Waals surface area (Å²) in [7, 11) is 6.65. The molecule has 1 aliphatic rings. The second kappa shape index (κ2) is 5.83. The van der Waals surface area contributed by atoms with Gasteiger partial charge in [-0.05, 0) is 57.2 Å². The molecular formula is C16H25N2OP. The van der Waals surface area contributed by atoms with Crippen LogP contribution in [0.5, 0.6) is 0 Å². The Labute approximate surface area is 124 Å². The standard InChI is InChI=1S/C16H25N2OP/c1-16(2)14-6-5-12(11-20)9-13(14)7-8-18(16)15(19)10-17(3)4/h5-6,9H,7-8,10-11,20H2,1-4H3. The summed E-state index contributed by atoms with van der Waals surface area (Å²) in [5.74, 6) is 0.209. The van der Waals surface area contributed by atoms with Crippen LogP contribution < -0.4 is 0 Å². The van der Waals surface area contributed by atoms with Crippen molar-refractivity contribution in [2.24, 2.45) is 0 Å².